The van der Waals surface area contributed by atoms with Gasteiger partial charge in [0.15, 0.2) is 0 Å². The molecule has 0 bridgehead atoms. The average Bonchev–Trinajstić information content (AvgIpc) is 2.96. The predicted molar refractivity (Wildman–Crippen MR) is 84.5 cm³/mol. The molecule has 1 N–H and O–H groups in total. The topological polar surface area (TPSA) is 68.5 Å². The highest BCUT2D eigenvalue weighted by Crippen LogP contribution is 2.11. The van der Waals surface area contributed by atoms with Crippen LogP contribution >= 0.6 is 0 Å². The zero-order valence-electron chi connectivity index (χ0n) is 11.9. The van der Waals surface area contributed by atoms with Crippen molar-refractivity contribution in [3.05, 3.63) is 66.0 Å². The Bertz CT molecular complexity index is 822. The SMILES string of the molecule is CO/N=C/c1ccc(C(=O)Nn2cnc3ccccc32)cc1. The van der Waals surface area contributed by atoms with E-state index in [9.17, 15) is 4.79 Å². The van der Waals surface area contributed by atoms with Crippen LogP contribution in [0.25, 0.3) is 11.0 Å². The zero-order valence-corrected chi connectivity index (χ0v) is 11.9. The number of hydrogen-bond donors (Lipinski definition) is 1. The fraction of sp³-hybridized carbons (Fsp3) is 0.0625. The summed E-state index contributed by atoms with van der Waals surface area (Å²) in [5, 5.41) is 3.67. The second-order valence-corrected chi connectivity index (χ2v) is 4.58. The summed E-state index contributed by atoms with van der Waals surface area (Å²) < 4.78 is 1.61. The van der Waals surface area contributed by atoms with Gasteiger partial charge < -0.3 is 4.84 Å². The molecule has 6 heteroatoms. The van der Waals surface area contributed by atoms with Crippen molar-refractivity contribution in [1.82, 2.24) is 9.66 Å². The van der Waals surface area contributed by atoms with Crippen LogP contribution in [0, 0.1) is 0 Å². The van der Waals surface area contributed by atoms with Gasteiger partial charge in [-0.25, -0.2) is 9.66 Å². The summed E-state index contributed by atoms with van der Waals surface area (Å²) in [6, 6.07) is 14.6. The van der Waals surface area contributed by atoms with Crippen LogP contribution < -0.4 is 5.43 Å². The third-order valence-corrected chi connectivity index (χ3v) is 3.16. The van der Waals surface area contributed by atoms with Crippen molar-refractivity contribution in [2.75, 3.05) is 12.5 Å². The maximum absolute atomic E-state index is 12.3. The smallest absolute Gasteiger partial charge is 0.270 e. The van der Waals surface area contributed by atoms with Crippen LogP contribution in [-0.2, 0) is 4.84 Å². The van der Waals surface area contributed by atoms with Gasteiger partial charge in [0.2, 0.25) is 0 Å². The van der Waals surface area contributed by atoms with Gasteiger partial charge in [-0.2, -0.15) is 0 Å². The number of hydrogen-bond acceptors (Lipinski definition) is 4. The summed E-state index contributed by atoms with van der Waals surface area (Å²) in [6.07, 6.45) is 3.16. The van der Waals surface area contributed by atoms with E-state index in [0.717, 1.165) is 16.6 Å². The molecule has 6 nitrogen and oxygen atoms in total. The van der Waals surface area contributed by atoms with Crippen LogP contribution in [0.3, 0.4) is 0 Å². The fourth-order valence-corrected chi connectivity index (χ4v) is 2.06. The van der Waals surface area contributed by atoms with E-state index in [1.54, 1.807) is 41.5 Å². The number of imidazole rings is 1. The number of amides is 1. The lowest BCUT2D eigenvalue weighted by Crippen LogP contribution is -2.21. The number of carbonyl (C=O) groups excluding carboxylic acids is 1. The summed E-state index contributed by atoms with van der Waals surface area (Å²) in [6.45, 7) is 0. The van der Waals surface area contributed by atoms with Gasteiger partial charge in [-0.15, -0.1) is 0 Å². The molecule has 0 fully saturated rings. The highest BCUT2D eigenvalue weighted by atomic mass is 16.6. The highest BCUT2D eigenvalue weighted by Gasteiger charge is 2.08. The molecule has 2 aromatic carbocycles. The Labute approximate surface area is 127 Å². The molecule has 0 unspecified atom stereocenters. The number of rotatable bonds is 4. The summed E-state index contributed by atoms with van der Waals surface area (Å²) in [7, 11) is 1.48. The van der Waals surface area contributed by atoms with Crippen LogP contribution in [0.2, 0.25) is 0 Å². The number of aromatic nitrogens is 2. The maximum atomic E-state index is 12.3. The molecule has 3 rings (SSSR count). The first-order chi connectivity index (χ1) is 10.8. The van der Waals surface area contributed by atoms with Crippen LogP contribution in [0.15, 0.2) is 60.0 Å². The molecule has 110 valence electrons. The first-order valence-electron chi connectivity index (χ1n) is 6.68. The van der Waals surface area contributed by atoms with E-state index in [4.69, 9.17) is 0 Å². The predicted octanol–water partition coefficient (Wildman–Crippen LogP) is 2.40. The first-order valence-corrected chi connectivity index (χ1v) is 6.68. The van der Waals surface area contributed by atoms with Crippen molar-refractivity contribution in [2.45, 2.75) is 0 Å². The quantitative estimate of drug-likeness (QED) is 0.593. The molecule has 0 aliphatic carbocycles. The van der Waals surface area contributed by atoms with Gasteiger partial charge in [0, 0.05) is 5.56 Å². The van der Waals surface area contributed by atoms with Crippen molar-refractivity contribution < 1.29 is 9.63 Å². The van der Waals surface area contributed by atoms with E-state index >= 15 is 0 Å². The molecule has 0 saturated heterocycles. The van der Waals surface area contributed by atoms with Crippen molar-refractivity contribution in [1.29, 1.82) is 0 Å². The van der Waals surface area contributed by atoms with Crippen molar-refractivity contribution in [3.8, 4) is 0 Å². The van der Waals surface area contributed by atoms with Crippen LogP contribution in [0.5, 0.6) is 0 Å². The molecule has 0 aliphatic rings. The van der Waals surface area contributed by atoms with Crippen LogP contribution in [0.1, 0.15) is 15.9 Å². The van der Waals surface area contributed by atoms with Crippen LogP contribution in [0.4, 0.5) is 0 Å². The maximum Gasteiger partial charge on any atom is 0.270 e. The van der Waals surface area contributed by atoms with E-state index in [1.165, 1.54) is 7.11 Å². The normalized spacial score (nSPS) is 11.0. The summed E-state index contributed by atoms with van der Waals surface area (Å²) in [5.41, 5.74) is 5.88. The Hall–Kier alpha value is -3.15. The van der Waals surface area contributed by atoms with Gasteiger partial charge in [-0.3, -0.25) is 10.2 Å². The van der Waals surface area contributed by atoms with Crippen LogP contribution in [-0.4, -0.2) is 28.9 Å². The monoisotopic (exact) mass is 294 g/mol. The van der Waals surface area contributed by atoms with Crippen molar-refractivity contribution in [2.24, 2.45) is 5.16 Å². The second kappa shape index (κ2) is 6.09. The molecular formula is C16H14N4O2. The summed E-state index contributed by atoms with van der Waals surface area (Å²) in [4.78, 5) is 21.1. The molecule has 22 heavy (non-hydrogen) atoms. The van der Waals surface area contributed by atoms with Crippen molar-refractivity contribution in [3.63, 3.8) is 0 Å². The molecule has 0 aliphatic heterocycles. The molecule has 3 aromatic rings. The Kier molecular flexibility index (Phi) is 3.82. The number of para-hydroxylation sites is 2. The van der Waals surface area contributed by atoms with Crippen molar-refractivity contribution >= 4 is 23.2 Å². The lowest BCUT2D eigenvalue weighted by Gasteiger charge is -2.07. The van der Waals surface area contributed by atoms with E-state index in [-0.39, 0.29) is 5.91 Å². The van der Waals surface area contributed by atoms with Gasteiger partial charge in [0.1, 0.15) is 13.4 Å². The first kappa shape index (κ1) is 13.8. The van der Waals surface area contributed by atoms with E-state index in [1.807, 2.05) is 24.3 Å². The lowest BCUT2D eigenvalue weighted by molar-refractivity contribution is 0.101. The Balaban J connectivity index is 1.78. The van der Waals surface area contributed by atoms with E-state index in [2.05, 4.69) is 20.4 Å². The molecule has 0 saturated carbocycles. The van der Waals surface area contributed by atoms with Gasteiger partial charge in [-0.05, 0) is 29.8 Å². The molecular weight excluding hydrogens is 280 g/mol. The summed E-state index contributed by atoms with van der Waals surface area (Å²) >= 11 is 0. The Morgan fingerprint density at radius 1 is 1.23 bits per heavy atom. The van der Waals surface area contributed by atoms with E-state index < -0.39 is 0 Å². The average molecular weight is 294 g/mol. The molecule has 0 atom stereocenters. The number of nitrogens with zero attached hydrogens (tertiary/aromatic N) is 3. The zero-order chi connectivity index (χ0) is 15.4. The van der Waals surface area contributed by atoms with Gasteiger partial charge in [-0.1, -0.05) is 29.4 Å². The minimum absolute atomic E-state index is 0.210. The Morgan fingerprint density at radius 3 is 2.77 bits per heavy atom. The highest BCUT2D eigenvalue weighted by molar-refractivity contribution is 6.01. The number of fused-ring (bicyclic) bond motifs is 1. The minimum atomic E-state index is -0.210. The summed E-state index contributed by atoms with van der Waals surface area (Å²) in [5.74, 6) is -0.210. The van der Waals surface area contributed by atoms with Gasteiger partial charge in [0.25, 0.3) is 5.91 Å². The number of oxime groups is 1. The Morgan fingerprint density at radius 2 is 2.00 bits per heavy atom. The second-order valence-electron chi connectivity index (χ2n) is 4.58. The molecule has 1 amide bonds. The molecule has 0 radical (unpaired) electrons. The third kappa shape index (κ3) is 2.80. The fourth-order valence-electron chi connectivity index (χ4n) is 2.06. The largest absolute Gasteiger partial charge is 0.399 e. The third-order valence-electron chi connectivity index (χ3n) is 3.16. The minimum Gasteiger partial charge on any atom is -0.399 e. The lowest BCUT2D eigenvalue weighted by atomic mass is 10.1. The molecule has 1 heterocycles. The van der Waals surface area contributed by atoms with Gasteiger partial charge in [0.05, 0.1) is 17.2 Å². The number of nitrogens with one attached hydrogen (secondary N) is 1. The number of benzene rings is 2. The molecule has 1 aromatic heterocycles. The van der Waals surface area contributed by atoms with E-state index in [0.29, 0.717) is 5.56 Å². The van der Waals surface area contributed by atoms with Gasteiger partial charge >= 0.3 is 0 Å². The molecule has 0 spiro atoms. The number of carbonyl (C=O) groups is 1. The standard InChI is InChI=1S/C16H14N4O2/c1-22-18-10-12-6-8-13(9-7-12)16(21)19-20-11-17-14-4-2-3-5-15(14)20/h2-11H,1H3,(H,19,21)/b18-10+.